The van der Waals surface area contributed by atoms with Crippen LogP contribution >= 0.6 is 23.2 Å². The van der Waals surface area contributed by atoms with Crippen LogP contribution in [0.3, 0.4) is 0 Å². The number of aromatic nitrogens is 2. The molecule has 0 radical (unpaired) electrons. The van der Waals surface area contributed by atoms with E-state index in [9.17, 15) is 4.79 Å². The van der Waals surface area contributed by atoms with Crippen molar-refractivity contribution in [1.29, 1.82) is 0 Å². The summed E-state index contributed by atoms with van der Waals surface area (Å²) >= 11 is 12.1. The number of halogens is 2. The SMILES string of the molecule is CC(C)n1c(CNC(=O)[C@H](C)Oc2cccc(Cl)c2Cl)nc2ccccc21. The topological polar surface area (TPSA) is 56.2 Å². The van der Waals surface area contributed by atoms with Crippen LogP contribution in [0, 0.1) is 0 Å². The number of nitrogens with one attached hydrogen (secondary N) is 1. The Kier molecular flexibility index (Phi) is 5.92. The standard InChI is InChI=1S/C20H21Cl2N3O2/c1-12(2)25-16-9-5-4-8-15(16)24-18(25)11-23-20(26)13(3)27-17-10-6-7-14(21)19(17)22/h4-10,12-13H,11H2,1-3H3,(H,23,26)/t13-/m0/s1. The van der Waals surface area contributed by atoms with E-state index in [0.717, 1.165) is 16.9 Å². The Labute approximate surface area is 168 Å². The number of benzene rings is 2. The molecule has 0 aliphatic carbocycles. The number of amides is 1. The molecule has 0 saturated heterocycles. The van der Waals surface area contributed by atoms with Crippen molar-refractivity contribution in [2.24, 2.45) is 0 Å². The normalized spacial score (nSPS) is 12.4. The van der Waals surface area contributed by atoms with Crippen molar-refractivity contribution in [3.63, 3.8) is 0 Å². The van der Waals surface area contributed by atoms with Gasteiger partial charge in [-0.2, -0.15) is 0 Å². The number of fused-ring (bicyclic) bond motifs is 1. The molecule has 2 aromatic carbocycles. The zero-order valence-corrected chi connectivity index (χ0v) is 16.9. The van der Waals surface area contributed by atoms with Gasteiger partial charge in [0.2, 0.25) is 0 Å². The third-order valence-corrected chi connectivity index (χ3v) is 5.00. The summed E-state index contributed by atoms with van der Waals surface area (Å²) in [6.07, 6.45) is -0.724. The summed E-state index contributed by atoms with van der Waals surface area (Å²) in [5.74, 6) is 0.919. The van der Waals surface area contributed by atoms with Crippen LogP contribution in [-0.2, 0) is 11.3 Å². The molecule has 1 heterocycles. The fourth-order valence-electron chi connectivity index (χ4n) is 2.92. The molecule has 1 N–H and O–H groups in total. The number of carbonyl (C=O) groups excluding carboxylic acids is 1. The molecule has 0 saturated carbocycles. The van der Waals surface area contributed by atoms with Gasteiger partial charge in [-0.15, -0.1) is 0 Å². The van der Waals surface area contributed by atoms with Crippen molar-refractivity contribution in [2.75, 3.05) is 0 Å². The Morgan fingerprint density at radius 2 is 1.89 bits per heavy atom. The minimum absolute atomic E-state index is 0.225. The van der Waals surface area contributed by atoms with E-state index in [1.54, 1.807) is 25.1 Å². The van der Waals surface area contributed by atoms with Gasteiger partial charge in [0.05, 0.1) is 22.6 Å². The summed E-state index contributed by atoms with van der Waals surface area (Å²) in [5.41, 5.74) is 1.96. The van der Waals surface area contributed by atoms with E-state index in [4.69, 9.17) is 27.9 Å². The molecule has 3 aromatic rings. The molecule has 0 bridgehead atoms. The van der Waals surface area contributed by atoms with E-state index < -0.39 is 6.10 Å². The average molecular weight is 406 g/mol. The number of carbonyl (C=O) groups is 1. The van der Waals surface area contributed by atoms with Crippen molar-refractivity contribution in [2.45, 2.75) is 39.5 Å². The van der Waals surface area contributed by atoms with E-state index in [1.807, 2.05) is 24.3 Å². The smallest absolute Gasteiger partial charge is 0.261 e. The van der Waals surface area contributed by atoms with Crippen molar-refractivity contribution in [1.82, 2.24) is 14.9 Å². The zero-order chi connectivity index (χ0) is 19.6. The monoisotopic (exact) mass is 405 g/mol. The van der Waals surface area contributed by atoms with Gasteiger partial charge in [-0.25, -0.2) is 4.98 Å². The molecular formula is C20H21Cl2N3O2. The van der Waals surface area contributed by atoms with Gasteiger partial charge in [-0.1, -0.05) is 41.4 Å². The van der Waals surface area contributed by atoms with Crippen molar-refractivity contribution >= 4 is 40.1 Å². The summed E-state index contributed by atoms with van der Waals surface area (Å²) in [6.45, 7) is 6.15. The minimum Gasteiger partial charge on any atom is -0.479 e. The Hall–Kier alpha value is -2.24. The first kappa shape index (κ1) is 19.5. The highest BCUT2D eigenvalue weighted by Crippen LogP contribution is 2.32. The lowest BCUT2D eigenvalue weighted by Gasteiger charge is -2.17. The summed E-state index contributed by atoms with van der Waals surface area (Å²) in [5, 5.41) is 3.56. The van der Waals surface area contributed by atoms with Crippen LogP contribution in [0.1, 0.15) is 32.6 Å². The molecule has 5 nitrogen and oxygen atoms in total. The fraction of sp³-hybridized carbons (Fsp3) is 0.300. The van der Waals surface area contributed by atoms with Crippen LogP contribution in [0.4, 0.5) is 0 Å². The van der Waals surface area contributed by atoms with Crippen LogP contribution in [0.5, 0.6) is 5.75 Å². The summed E-state index contributed by atoms with van der Waals surface area (Å²) in [4.78, 5) is 17.1. The minimum atomic E-state index is -0.724. The predicted molar refractivity (Wildman–Crippen MR) is 109 cm³/mol. The van der Waals surface area contributed by atoms with Crippen LogP contribution in [0.2, 0.25) is 10.0 Å². The molecule has 27 heavy (non-hydrogen) atoms. The lowest BCUT2D eigenvalue weighted by atomic mass is 10.3. The number of imidazole rings is 1. The number of rotatable bonds is 6. The van der Waals surface area contributed by atoms with Crippen LogP contribution < -0.4 is 10.1 Å². The molecule has 0 spiro atoms. The van der Waals surface area contributed by atoms with Crippen molar-refractivity contribution in [3.8, 4) is 5.75 Å². The average Bonchev–Trinajstić information content (AvgIpc) is 3.02. The predicted octanol–water partition coefficient (Wildman–Crippen LogP) is 5.01. The first-order chi connectivity index (χ1) is 12.9. The van der Waals surface area contributed by atoms with E-state index in [-0.39, 0.29) is 11.9 Å². The highest BCUT2D eigenvalue weighted by atomic mass is 35.5. The maximum absolute atomic E-state index is 12.5. The third-order valence-electron chi connectivity index (χ3n) is 4.20. The van der Waals surface area contributed by atoms with Gasteiger partial charge in [-0.3, -0.25) is 4.79 Å². The molecule has 1 amide bonds. The maximum Gasteiger partial charge on any atom is 0.261 e. The third kappa shape index (κ3) is 4.20. The number of hydrogen-bond donors (Lipinski definition) is 1. The van der Waals surface area contributed by atoms with Gasteiger partial charge in [0.15, 0.2) is 6.10 Å². The van der Waals surface area contributed by atoms with Crippen LogP contribution in [0.15, 0.2) is 42.5 Å². The molecule has 0 fully saturated rings. The Morgan fingerprint density at radius 3 is 2.63 bits per heavy atom. The molecular weight excluding hydrogens is 385 g/mol. The van der Waals surface area contributed by atoms with Gasteiger partial charge in [0.25, 0.3) is 5.91 Å². The quantitative estimate of drug-likeness (QED) is 0.626. The van der Waals surface area contributed by atoms with E-state index in [2.05, 4.69) is 28.7 Å². The summed E-state index contributed by atoms with van der Waals surface area (Å²) in [6, 6.07) is 13.2. The Morgan fingerprint density at radius 1 is 1.15 bits per heavy atom. The number of hydrogen-bond acceptors (Lipinski definition) is 3. The molecule has 142 valence electrons. The van der Waals surface area contributed by atoms with Gasteiger partial charge in [0.1, 0.15) is 16.6 Å². The van der Waals surface area contributed by atoms with E-state index in [1.165, 1.54) is 0 Å². The zero-order valence-electron chi connectivity index (χ0n) is 15.4. The second-order valence-corrected chi connectivity index (χ2v) is 7.30. The van der Waals surface area contributed by atoms with Gasteiger partial charge in [0, 0.05) is 6.04 Å². The molecule has 0 aliphatic heterocycles. The second-order valence-electron chi connectivity index (χ2n) is 6.51. The molecule has 3 rings (SSSR count). The first-order valence-corrected chi connectivity index (χ1v) is 9.48. The molecule has 7 heteroatoms. The number of ether oxygens (including phenoxy) is 1. The second kappa shape index (κ2) is 8.19. The van der Waals surface area contributed by atoms with Crippen LogP contribution in [0.25, 0.3) is 11.0 Å². The number of nitrogens with zero attached hydrogens (tertiary/aromatic N) is 2. The van der Waals surface area contributed by atoms with E-state index in [0.29, 0.717) is 22.3 Å². The highest BCUT2D eigenvalue weighted by Gasteiger charge is 2.19. The van der Waals surface area contributed by atoms with Gasteiger partial charge in [-0.05, 0) is 45.0 Å². The molecule has 1 aromatic heterocycles. The van der Waals surface area contributed by atoms with Gasteiger partial charge < -0.3 is 14.6 Å². The molecule has 0 unspecified atom stereocenters. The Bertz CT molecular complexity index is 969. The first-order valence-electron chi connectivity index (χ1n) is 8.72. The molecule has 1 atom stereocenters. The summed E-state index contributed by atoms with van der Waals surface area (Å²) in [7, 11) is 0. The lowest BCUT2D eigenvalue weighted by Crippen LogP contribution is -2.36. The van der Waals surface area contributed by atoms with E-state index >= 15 is 0 Å². The maximum atomic E-state index is 12.5. The van der Waals surface area contributed by atoms with Crippen LogP contribution in [-0.4, -0.2) is 21.6 Å². The van der Waals surface area contributed by atoms with Crippen molar-refractivity contribution < 1.29 is 9.53 Å². The summed E-state index contributed by atoms with van der Waals surface area (Å²) < 4.78 is 7.78. The number of para-hydroxylation sites is 2. The lowest BCUT2D eigenvalue weighted by molar-refractivity contribution is -0.127. The fourth-order valence-corrected chi connectivity index (χ4v) is 3.26. The Balaban J connectivity index is 1.71. The molecule has 0 aliphatic rings. The largest absolute Gasteiger partial charge is 0.479 e. The highest BCUT2D eigenvalue weighted by molar-refractivity contribution is 6.42. The van der Waals surface area contributed by atoms with Gasteiger partial charge >= 0.3 is 0 Å². The van der Waals surface area contributed by atoms with Crippen molar-refractivity contribution in [3.05, 3.63) is 58.3 Å².